The van der Waals surface area contributed by atoms with Crippen molar-refractivity contribution in [3.63, 3.8) is 0 Å². The number of carbonyl (C=O) groups excluding carboxylic acids is 1. The van der Waals surface area contributed by atoms with Crippen molar-refractivity contribution in [2.24, 2.45) is 0 Å². The summed E-state index contributed by atoms with van der Waals surface area (Å²) in [6.45, 7) is 1.87. The number of aromatic hydroxyl groups is 1. The molecule has 0 spiro atoms. The number of carbonyl (C=O) groups is 1. The van der Waals surface area contributed by atoms with Crippen LogP contribution in [-0.2, 0) is 4.79 Å². The molecule has 6 heteroatoms. The van der Waals surface area contributed by atoms with E-state index < -0.39 is 5.91 Å². The highest BCUT2D eigenvalue weighted by Crippen LogP contribution is 2.23. The van der Waals surface area contributed by atoms with E-state index in [9.17, 15) is 14.3 Å². The fourth-order valence-corrected chi connectivity index (χ4v) is 2.01. The summed E-state index contributed by atoms with van der Waals surface area (Å²) < 4.78 is 12.8. The Balaban J connectivity index is 1.93. The number of phenolic OH excluding ortho intramolecular Hbond substituents is 1. The lowest BCUT2D eigenvalue weighted by atomic mass is 10.2. The monoisotopic (exact) mass is 330 g/mol. The largest absolute Gasteiger partial charge is 0.506 e. The SMILES string of the molecule is Cc1ccc(O)c(NC(=S)NC(=O)/C=C/c2ccc(F)cc2)c1. The number of benzene rings is 2. The number of hydrogen-bond donors (Lipinski definition) is 3. The van der Waals surface area contributed by atoms with Gasteiger partial charge in [0.05, 0.1) is 5.69 Å². The van der Waals surface area contributed by atoms with E-state index in [2.05, 4.69) is 10.6 Å². The van der Waals surface area contributed by atoms with Crippen LogP contribution >= 0.6 is 12.2 Å². The fraction of sp³-hybridized carbons (Fsp3) is 0.0588. The van der Waals surface area contributed by atoms with Crippen molar-refractivity contribution in [2.75, 3.05) is 5.32 Å². The molecule has 0 saturated heterocycles. The standard InChI is InChI=1S/C17H15FN2O2S/c1-11-2-8-15(21)14(10-11)19-17(23)20-16(22)9-5-12-3-6-13(18)7-4-12/h2-10,21H,1H3,(H2,19,20,22,23)/b9-5+. The molecule has 0 heterocycles. The summed E-state index contributed by atoms with van der Waals surface area (Å²) in [6, 6.07) is 10.7. The van der Waals surface area contributed by atoms with Crippen LogP contribution in [0.5, 0.6) is 5.75 Å². The minimum absolute atomic E-state index is 0.0362. The van der Waals surface area contributed by atoms with Gasteiger partial charge in [-0.3, -0.25) is 10.1 Å². The molecule has 1 amide bonds. The maximum absolute atomic E-state index is 12.8. The Kier molecular flexibility index (Phi) is 5.43. The van der Waals surface area contributed by atoms with E-state index in [4.69, 9.17) is 12.2 Å². The summed E-state index contributed by atoms with van der Waals surface area (Å²) >= 11 is 5.03. The molecule has 0 aromatic heterocycles. The zero-order valence-electron chi connectivity index (χ0n) is 12.3. The smallest absolute Gasteiger partial charge is 0.250 e. The van der Waals surface area contributed by atoms with Gasteiger partial charge in [-0.1, -0.05) is 18.2 Å². The van der Waals surface area contributed by atoms with Crippen LogP contribution in [0.15, 0.2) is 48.5 Å². The van der Waals surface area contributed by atoms with E-state index in [0.717, 1.165) is 5.56 Å². The summed E-state index contributed by atoms with van der Waals surface area (Å²) in [7, 11) is 0. The van der Waals surface area contributed by atoms with Gasteiger partial charge in [-0.2, -0.15) is 0 Å². The lowest BCUT2D eigenvalue weighted by Gasteiger charge is -2.10. The average molecular weight is 330 g/mol. The lowest BCUT2D eigenvalue weighted by molar-refractivity contribution is -0.115. The third-order valence-electron chi connectivity index (χ3n) is 2.93. The number of rotatable bonds is 3. The van der Waals surface area contributed by atoms with E-state index >= 15 is 0 Å². The molecule has 0 radical (unpaired) electrons. The van der Waals surface area contributed by atoms with Crippen LogP contribution in [0.1, 0.15) is 11.1 Å². The summed E-state index contributed by atoms with van der Waals surface area (Å²) in [4.78, 5) is 11.8. The molecule has 118 valence electrons. The molecule has 2 aromatic carbocycles. The van der Waals surface area contributed by atoms with Gasteiger partial charge < -0.3 is 10.4 Å². The molecule has 3 N–H and O–H groups in total. The van der Waals surface area contributed by atoms with Gasteiger partial charge >= 0.3 is 0 Å². The molecule has 23 heavy (non-hydrogen) atoms. The van der Waals surface area contributed by atoms with Gasteiger partial charge in [0.25, 0.3) is 0 Å². The summed E-state index contributed by atoms with van der Waals surface area (Å²) in [6.07, 6.45) is 2.83. The van der Waals surface area contributed by atoms with Crippen molar-refractivity contribution in [1.29, 1.82) is 0 Å². The molecule has 0 atom stereocenters. The van der Waals surface area contributed by atoms with E-state index in [1.165, 1.54) is 24.3 Å². The van der Waals surface area contributed by atoms with Crippen molar-refractivity contribution in [3.05, 3.63) is 65.5 Å². The van der Waals surface area contributed by atoms with Crippen LogP contribution in [0.4, 0.5) is 10.1 Å². The number of aryl methyl sites for hydroxylation is 1. The molecule has 0 fully saturated rings. The van der Waals surface area contributed by atoms with Gasteiger partial charge in [0.1, 0.15) is 11.6 Å². The molecule has 0 aliphatic rings. The third kappa shape index (κ3) is 5.19. The first-order valence-corrected chi connectivity index (χ1v) is 7.20. The Bertz CT molecular complexity index is 758. The third-order valence-corrected chi connectivity index (χ3v) is 3.14. The predicted molar refractivity (Wildman–Crippen MR) is 92.6 cm³/mol. The molecular weight excluding hydrogens is 315 g/mol. The zero-order valence-corrected chi connectivity index (χ0v) is 13.2. The molecule has 2 aromatic rings. The fourth-order valence-electron chi connectivity index (χ4n) is 1.80. The second kappa shape index (κ2) is 7.51. The molecule has 4 nitrogen and oxygen atoms in total. The summed E-state index contributed by atoms with van der Waals surface area (Å²) in [5.41, 5.74) is 2.05. The van der Waals surface area contributed by atoms with Gasteiger partial charge in [-0.05, 0) is 60.6 Å². The van der Waals surface area contributed by atoms with Crippen LogP contribution in [0.25, 0.3) is 6.08 Å². The van der Waals surface area contributed by atoms with Gasteiger partial charge in [-0.25, -0.2) is 4.39 Å². The van der Waals surface area contributed by atoms with E-state index in [-0.39, 0.29) is 16.7 Å². The van der Waals surface area contributed by atoms with Crippen molar-refractivity contribution in [2.45, 2.75) is 6.92 Å². The highest BCUT2D eigenvalue weighted by atomic mass is 32.1. The van der Waals surface area contributed by atoms with Crippen molar-refractivity contribution in [1.82, 2.24) is 5.32 Å². The molecule has 0 saturated carbocycles. The number of amides is 1. The van der Waals surface area contributed by atoms with Crippen LogP contribution in [0.3, 0.4) is 0 Å². The van der Waals surface area contributed by atoms with Crippen molar-refractivity contribution >= 4 is 35.0 Å². The van der Waals surface area contributed by atoms with Crippen LogP contribution in [0.2, 0.25) is 0 Å². The summed E-state index contributed by atoms with van der Waals surface area (Å²) in [5.74, 6) is -0.733. The minimum atomic E-state index is -0.432. The van der Waals surface area contributed by atoms with Crippen molar-refractivity contribution < 1.29 is 14.3 Å². The number of thiocarbonyl (C=S) groups is 1. The Hall–Kier alpha value is -2.73. The summed E-state index contributed by atoms with van der Waals surface area (Å²) in [5, 5.41) is 15.0. The minimum Gasteiger partial charge on any atom is -0.506 e. The maximum atomic E-state index is 12.8. The maximum Gasteiger partial charge on any atom is 0.250 e. The van der Waals surface area contributed by atoms with Crippen LogP contribution < -0.4 is 10.6 Å². The topological polar surface area (TPSA) is 61.4 Å². The highest BCUT2D eigenvalue weighted by molar-refractivity contribution is 7.80. The zero-order chi connectivity index (χ0) is 16.8. The van der Waals surface area contributed by atoms with Crippen molar-refractivity contribution in [3.8, 4) is 5.75 Å². The molecule has 0 unspecified atom stereocenters. The first kappa shape index (κ1) is 16.6. The number of hydrogen-bond acceptors (Lipinski definition) is 3. The first-order chi connectivity index (χ1) is 10.9. The van der Waals surface area contributed by atoms with Gasteiger partial charge in [0.15, 0.2) is 5.11 Å². The van der Waals surface area contributed by atoms with Gasteiger partial charge in [-0.15, -0.1) is 0 Å². The second-order valence-electron chi connectivity index (χ2n) is 4.85. The number of nitrogens with one attached hydrogen (secondary N) is 2. The lowest BCUT2D eigenvalue weighted by Crippen LogP contribution is -2.32. The molecule has 2 rings (SSSR count). The van der Waals surface area contributed by atoms with Crippen LogP contribution in [-0.4, -0.2) is 16.1 Å². The Morgan fingerprint density at radius 3 is 2.61 bits per heavy atom. The normalized spacial score (nSPS) is 10.5. The first-order valence-electron chi connectivity index (χ1n) is 6.79. The highest BCUT2D eigenvalue weighted by Gasteiger charge is 2.05. The second-order valence-corrected chi connectivity index (χ2v) is 5.26. The molecule has 0 bridgehead atoms. The quantitative estimate of drug-likeness (QED) is 0.459. The Morgan fingerprint density at radius 2 is 1.91 bits per heavy atom. The van der Waals surface area contributed by atoms with Gasteiger partial charge in [0, 0.05) is 6.08 Å². The molecule has 0 aliphatic heterocycles. The Labute approximate surface area is 138 Å². The molecule has 0 aliphatic carbocycles. The molecular formula is C17H15FN2O2S. The predicted octanol–water partition coefficient (Wildman–Crippen LogP) is 3.37. The van der Waals surface area contributed by atoms with E-state index in [1.807, 2.05) is 6.92 Å². The number of anilines is 1. The Morgan fingerprint density at radius 1 is 1.22 bits per heavy atom. The van der Waals surface area contributed by atoms with E-state index in [0.29, 0.717) is 11.3 Å². The van der Waals surface area contributed by atoms with E-state index in [1.54, 1.807) is 30.3 Å². The van der Waals surface area contributed by atoms with Crippen LogP contribution in [0, 0.1) is 12.7 Å². The van der Waals surface area contributed by atoms with Gasteiger partial charge in [0.2, 0.25) is 5.91 Å². The number of phenols is 1. The number of halogens is 1. The average Bonchev–Trinajstić information content (AvgIpc) is 2.50.